The lowest BCUT2D eigenvalue weighted by Gasteiger charge is -2.07. The second-order valence-corrected chi connectivity index (χ2v) is 4.10. The number of aryl methyl sites for hydroxylation is 1. The molecule has 0 fully saturated rings. The van der Waals surface area contributed by atoms with Crippen LogP contribution in [0.3, 0.4) is 0 Å². The number of alkyl halides is 3. The molecule has 0 saturated heterocycles. The van der Waals surface area contributed by atoms with E-state index in [9.17, 15) is 18.0 Å². The fourth-order valence-corrected chi connectivity index (χ4v) is 1.56. The van der Waals surface area contributed by atoms with Crippen molar-refractivity contribution in [1.29, 1.82) is 0 Å². The van der Waals surface area contributed by atoms with Crippen LogP contribution in [-0.2, 0) is 7.05 Å². The van der Waals surface area contributed by atoms with Crippen molar-refractivity contribution in [2.75, 3.05) is 12.3 Å². The molecule has 4 nitrogen and oxygen atoms in total. The van der Waals surface area contributed by atoms with Gasteiger partial charge in [0.05, 0.1) is 5.69 Å². The van der Waals surface area contributed by atoms with E-state index in [0.29, 0.717) is 17.8 Å². The van der Waals surface area contributed by atoms with Crippen molar-refractivity contribution < 1.29 is 18.0 Å². The largest absolute Gasteiger partial charge is 0.397 e. The Morgan fingerprint density at radius 2 is 2.11 bits per heavy atom. The number of nitrogens with zero attached hydrogens (tertiary/aromatic N) is 1. The van der Waals surface area contributed by atoms with Crippen LogP contribution < -0.4 is 11.1 Å². The van der Waals surface area contributed by atoms with E-state index in [1.165, 1.54) is 6.07 Å². The molecule has 3 N–H and O–H groups in total. The molecule has 1 aromatic heterocycles. The third-order valence-corrected chi connectivity index (χ3v) is 2.43. The van der Waals surface area contributed by atoms with Gasteiger partial charge in [-0.15, -0.1) is 0 Å². The molecule has 1 rings (SSSR count). The lowest BCUT2D eigenvalue weighted by Crippen LogP contribution is -2.26. The number of carbonyl (C=O) groups is 1. The van der Waals surface area contributed by atoms with Crippen LogP contribution in [0.4, 0.5) is 18.9 Å². The van der Waals surface area contributed by atoms with Gasteiger partial charge in [0.15, 0.2) is 0 Å². The topological polar surface area (TPSA) is 60.0 Å². The Kier molecular flexibility index (Phi) is 4.63. The molecule has 0 unspecified atom stereocenters. The van der Waals surface area contributed by atoms with Gasteiger partial charge in [-0.05, 0) is 18.9 Å². The Hall–Kier alpha value is -1.66. The molecule has 0 bridgehead atoms. The molecule has 0 aliphatic rings. The molecule has 0 aromatic carbocycles. The summed E-state index contributed by atoms with van der Waals surface area (Å²) < 4.78 is 37.1. The Morgan fingerprint density at radius 3 is 2.61 bits per heavy atom. The standard InChI is InChI=1S/C11H16F3N3O/c1-17-7-8(15)6-9(17)10(18)16-5-3-2-4-11(12,13)14/h6-7H,2-5,15H2,1H3,(H,16,18). The van der Waals surface area contributed by atoms with Gasteiger partial charge in [-0.25, -0.2) is 0 Å². The fourth-order valence-electron chi connectivity index (χ4n) is 1.56. The first-order valence-electron chi connectivity index (χ1n) is 5.56. The Labute approximate surface area is 103 Å². The minimum Gasteiger partial charge on any atom is -0.397 e. The highest BCUT2D eigenvalue weighted by Crippen LogP contribution is 2.21. The van der Waals surface area contributed by atoms with Crippen molar-refractivity contribution in [2.45, 2.75) is 25.4 Å². The molecule has 0 spiro atoms. The van der Waals surface area contributed by atoms with Crippen molar-refractivity contribution in [3.8, 4) is 0 Å². The average molecular weight is 263 g/mol. The Bertz CT molecular complexity index is 412. The number of hydrogen-bond acceptors (Lipinski definition) is 2. The van der Waals surface area contributed by atoms with Gasteiger partial charge >= 0.3 is 6.18 Å². The van der Waals surface area contributed by atoms with Gasteiger partial charge in [0.25, 0.3) is 5.91 Å². The van der Waals surface area contributed by atoms with E-state index >= 15 is 0 Å². The molecule has 1 aromatic rings. The van der Waals surface area contributed by atoms with Crippen LogP contribution >= 0.6 is 0 Å². The van der Waals surface area contributed by atoms with Crippen LogP contribution in [0.25, 0.3) is 0 Å². The third-order valence-electron chi connectivity index (χ3n) is 2.43. The van der Waals surface area contributed by atoms with E-state index in [1.807, 2.05) is 0 Å². The van der Waals surface area contributed by atoms with Crippen molar-refractivity contribution in [3.05, 3.63) is 18.0 Å². The second kappa shape index (κ2) is 5.79. The maximum absolute atomic E-state index is 11.9. The smallest absolute Gasteiger partial charge is 0.389 e. The predicted octanol–water partition coefficient (Wildman–Crippen LogP) is 2.07. The van der Waals surface area contributed by atoms with Crippen LogP contribution in [0.2, 0.25) is 0 Å². The number of amides is 1. The van der Waals surface area contributed by atoms with E-state index in [4.69, 9.17) is 5.73 Å². The summed E-state index contributed by atoms with van der Waals surface area (Å²) in [5.74, 6) is -0.332. The zero-order chi connectivity index (χ0) is 13.8. The van der Waals surface area contributed by atoms with Crippen LogP contribution in [0.15, 0.2) is 12.3 Å². The molecule has 1 amide bonds. The van der Waals surface area contributed by atoms with Crippen molar-refractivity contribution in [2.24, 2.45) is 7.05 Å². The van der Waals surface area contributed by atoms with Crippen LogP contribution in [0.5, 0.6) is 0 Å². The van der Waals surface area contributed by atoms with Gasteiger partial charge in [-0.2, -0.15) is 13.2 Å². The molecular formula is C11H16F3N3O. The number of rotatable bonds is 5. The number of aromatic nitrogens is 1. The highest BCUT2D eigenvalue weighted by atomic mass is 19.4. The van der Waals surface area contributed by atoms with Crippen molar-refractivity contribution in [1.82, 2.24) is 9.88 Å². The summed E-state index contributed by atoms with van der Waals surface area (Å²) in [6.07, 6.45) is -3.04. The summed E-state index contributed by atoms with van der Waals surface area (Å²) in [6, 6.07) is 1.52. The lowest BCUT2D eigenvalue weighted by molar-refractivity contribution is -0.135. The van der Waals surface area contributed by atoms with Gasteiger partial charge in [0.2, 0.25) is 0 Å². The summed E-state index contributed by atoms with van der Waals surface area (Å²) in [5, 5.41) is 2.56. The number of nitrogens with two attached hydrogens (primary N) is 1. The quantitative estimate of drug-likeness (QED) is 0.799. The minimum atomic E-state index is -4.13. The van der Waals surface area contributed by atoms with Crippen molar-refractivity contribution >= 4 is 11.6 Å². The van der Waals surface area contributed by atoms with Gasteiger partial charge in [-0.3, -0.25) is 4.79 Å². The zero-order valence-electron chi connectivity index (χ0n) is 10.0. The normalized spacial score (nSPS) is 11.6. The number of hydrogen-bond donors (Lipinski definition) is 2. The number of halogens is 3. The SMILES string of the molecule is Cn1cc(N)cc1C(=O)NCCCCC(F)(F)F. The first kappa shape index (κ1) is 14.4. The molecule has 18 heavy (non-hydrogen) atoms. The van der Waals surface area contributed by atoms with Gasteiger partial charge in [-0.1, -0.05) is 0 Å². The molecule has 0 aliphatic carbocycles. The zero-order valence-corrected chi connectivity index (χ0v) is 10.0. The summed E-state index contributed by atoms with van der Waals surface area (Å²) in [7, 11) is 1.68. The maximum Gasteiger partial charge on any atom is 0.389 e. The van der Waals surface area contributed by atoms with Gasteiger partial charge in [0.1, 0.15) is 5.69 Å². The summed E-state index contributed by atoms with van der Waals surface area (Å²) in [4.78, 5) is 11.6. The van der Waals surface area contributed by atoms with E-state index in [2.05, 4.69) is 5.32 Å². The summed E-state index contributed by atoms with van der Waals surface area (Å²) in [5.41, 5.74) is 6.38. The van der Waals surface area contributed by atoms with Crippen LogP contribution in [0, 0.1) is 0 Å². The third kappa shape index (κ3) is 4.68. The maximum atomic E-state index is 11.9. The molecule has 0 atom stereocenters. The number of nitrogens with one attached hydrogen (secondary N) is 1. The van der Waals surface area contributed by atoms with E-state index < -0.39 is 12.6 Å². The predicted molar refractivity (Wildman–Crippen MR) is 62.1 cm³/mol. The monoisotopic (exact) mass is 263 g/mol. The molecule has 0 aliphatic heterocycles. The van der Waals surface area contributed by atoms with E-state index in [1.54, 1.807) is 17.8 Å². The van der Waals surface area contributed by atoms with E-state index in [0.717, 1.165) is 0 Å². The molecule has 7 heteroatoms. The van der Waals surface area contributed by atoms with Crippen molar-refractivity contribution in [3.63, 3.8) is 0 Å². The Balaban J connectivity index is 2.28. The number of unbranched alkanes of at least 4 members (excludes halogenated alkanes) is 1. The number of anilines is 1. The second-order valence-electron chi connectivity index (χ2n) is 4.10. The number of carbonyl (C=O) groups excluding carboxylic acids is 1. The van der Waals surface area contributed by atoms with E-state index in [-0.39, 0.29) is 18.9 Å². The Morgan fingerprint density at radius 1 is 1.44 bits per heavy atom. The minimum absolute atomic E-state index is 0.0130. The summed E-state index contributed by atoms with van der Waals surface area (Å²) >= 11 is 0. The van der Waals surface area contributed by atoms with Gasteiger partial charge in [0, 0.05) is 26.2 Å². The lowest BCUT2D eigenvalue weighted by atomic mass is 10.2. The number of nitrogen functional groups attached to an aromatic ring is 1. The summed E-state index contributed by atoms with van der Waals surface area (Å²) in [6.45, 7) is 0.222. The van der Waals surface area contributed by atoms with Gasteiger partial charge < -0.3 is 15.6 Å². The molecule has 0 radical (unpaired) electrons. The first-order valence-corrected chi connectivity index (χ1v) is 5.56. The van der Waals surface area contributed by atoms with Crippen LogP contribution in [-0.4, -0.2) is 23.2 Å². The molecular weight excluding hydrogens is 247 g/mol. The molecule has 102 valence electrons. The molecule has 0 saturated carbocycles. The average Bonchev–Trinajstić information content (AvgIpc) is 2.55. The van der Waals surface area contributed by atoms with Crippen LogP contribution in [0.1, 0.15) is 29.8 Å². The fraction of sp³-hybridized carbons (Fsp3) is 0.545. The highest BCUT2D eigenvalue weighted by Gasteiger charge is 2.25. The first-order chi connectivity index (χ1) is 8.29. The molecule has 1 heterocycles. The highest BCUT2D eigenvalue weighted by molar-refractivity contribution is 5.93.